The van der Waals surface area contributed by atoms with Crippen LogP contribution in [0.2, 0.25) is 0 Å². The molecule has 0 spiro atoms. The summed E-state index contributed by atoms with van der Waals surface area (Å²) >= 11 is 0. The van der Waals surface area contributed by atoms with Gasteiger partial charge in [0, 0.05) is 68.2 Å². The molecule has 2 amide bonds. The normalized spacial score (nSPS) is 18.4. The molecule has 0 radical (unpaired) electrons. The largest absolute Gasteiger partial charge is 0.493 e. The summed E-state index contributed by atoms with van der Waals surface area (Å²) in [5.74, 6) is 1.10. The zero-order chi connectivity index (χ0) is 23.4. The minimum atomic E-state index is -0.123. The molecule has 1 unspecified atom stereocenters. The van der Waals surface area contributed by atoms with E-state index in [2.05, 4.69) is 15.2 Å². The number of amides is 2. The molecule has 0 bridgehead atoms. The third-order valence-electron chi connectivity index (χ3n) is 6.59. The van der Waals surface area contributed by atoms with E-state index in [0.717, 1.165) is 37.2 Å². The van der Waals surface area contributed by atoms with E-state index in [0.29, 0.717) is 30.9 Å². The highest BCUT2D eigenvalue weighted by Crippen LogP contribution is 2.33. The Balaban J connectivity index is 1.42. The quantitative estimate of drug-likeness (QED) is 0.724. The lowest BCUT2D eigenvalue weighted by Gasteiger charge is -2.38. The number of carbonyl (C=O) groups is 2. The molecule has 0 aliphatic carbocycles. The van der Waals surface area contributed by atoms with Crippen molar-refractivity contribution in [3.8, 4) is 5.75 Å². The van der Waals surface area contributed by atoms with Crippen LogP contribution >= 0.6 is 0 Å². The average molecular weight is 451 g/mol. The summed E-state index contributed by atoms with van der Waals surface area (Å²) in [4.78, 5) is 34.0. The SMILES string of the molecule is CC(C)CC(=O)NC1CCOc2ccc(C(=O)N(C)C3CCN(c4ccncc4)CC3)cc21. The number of anilines is 1. The molecule has 2 aromatic rings. The maximum atomic E-state index is 13.3. The van der Waals surface area contributed by atoms with Crippen LogP contribution in [0.15, 0.2) is 42.7 Å². The first-order valence-corrected chi connectivity index (χ1v) is 11.9. The molecule has 1 fully saturated rings. The first-order valence-electron chi connectivity index (χ1n) is 11.9. The van der Waals surface area contributed by atoms with Crippen molar-refractivity contribution in [2.75, 3.05) is 31.6 Å². The molecule has 1 atom stereocenters. The maximum absolute atomic E-state index is 13.3. The predicted octanol–water partition coefficient (Wildman–Crippen LogP) is 3.81. The van der Waals surface area contributed by atoms with Crippen molar-refractivity contribution < 1.29 is 14.3 Å². The number of hydrogen-bond acceptors (Lipinski definition) is 5. The third kappa shape index (κ3) is 5.46. The molecule has 1 N–H and O–H groups in total. The van der Waals surface area contributed by atoms with Crippen LogP contribution in [0.4, 0.5) is 5.69 Å². The van der Waals surface area contributed by atoms with Crippen molar-refractivity contribution in [1.29, 1.82) is 0 Å². The fraction of sp³-hybridized carbons (Fsp3) is 0.500. The van der Waals surface area contributed by atoms with Gasteiger partial charge in [0.1, 0.15) is 5.75 Å². The van der Waals surface area contributed by atoms with Crippen molar-refractivity contribution >= 4 is 17.5 Å². The van der Waals surface area contributed by atoms with Crippen LogP contribution in [-0.2, 0) is 4.79 Å². The predicted molar refractivity (Wildman–Crippen MR) is 128 cm³/mol. The maximum Gasteiger partial charge on any atom is 0.253 e. The van der Waals surface area contributed by atoms with Gasteiger partial charge >= 0.3 is 0 Å². The van der Waals surface area contributed by atoms with E-state index in [4.69, 9.17) is 4.74 Å². The van der Waals surface area contributed by atoms with Crippen molar-refractivity contribution in [3.05, 3.63) is 53.9 Å². The number of piperidine rings is 1. The first kappa shape index (κ1) is 23.1. The van der Waals surface area contributed by atoms with Crippen LogP contribution in [0.5, 0.6) is 5.75 Å². The molecule has 4 rings (SSSR count). The molecule has 2 aliphatic heterocycles. The van der Waals surface area contributed by atoms with Crippen LogP contribution in [0.1, 0.15) is 61.5 Å². The number of rotatable bonds is 6. The number of nitrogens with one attached hydrogen (secondary N) is 1. The summed E-state index contributed by atoms with van der Waals surface area (Å²) in [6.45, 7) is 6.45. The van der Waals surface area contributed by atoms with E-state index in [9.17, 15) is 9.59 Å². The van der Waals surface area contributed by atoms with Gasteiger partial charge in [0.2, 0.25) is 5.91 Å². The molecule has 1 saturated heterocycles. The summed E-state index contributed by atoms with van der Waals surface area (Å²) in [7, 11) is 1.90. The van der Waals surface area contributed by atoms with Gasteiger partial charge in [-0.1, -0.05) is 13.8 Å². The van der Waals surface area contributed by atoms with E-state index in [1.807, 2.05) is 68.5 Å². The standard InChI is InChI=1S/C26H34N4O3/c1-18(2)16-25(31)28-23-10-15-33-24-5-4-19(17-22(23)24)26(32)29(3)20-8-13-30(14-9-20)21-6-11-27-12-7-21/h4-7,11-12,17-18,20,23H,8-10,13-16H2,1-3H3,(H,28,31). The summed E-state index contributed by atoms with van der Waals surface area (Å²) < 4.78 is 5.80. The minimum absolute atomic E-state index is 0.0120. The zero-order valence-electron chi connectivity index (χ0n) is 19.8. The van der Waals surface area contributed by atoms with Gasteiger partial charge in [-0.3, -0.25) is 14.6 Å². The topological polar surface area (TPSA) is 74.8 Å². The van der Waals surface area contributed by atoms with Gasteiger partial charge in [-0.05, 0) is 49.1 Å². The Hall–Kier alpha value is -3.09. The van der Waals surface area contributed by atoms with Crippen molar-refractivity contribution in [1.82, 2.24) is 15.2 Å². The molecule has 3 heterocycles. The van der Waals surface area contributed by atoms with Crippen molar-refractivity contribution in [2.24, 2.45) is 5.92 Å². The monoisotopic (exact) mass is 450 g/mol. The van der Waals surface area contributed by atoms with E-state index in [1.165, 1.54) is 5.69 Å². The number of pyridine rings is 1. The highest BCUT2D eigenvalue weighted by atomic mass is 16.5. The zero-order valence-corrected chi connectivity index (χ0v) is 19.8. The lowest BCUT2D eigenvalue weighted by atomic mass is 9.96. The number of nitrogens with zero attached hydrogens (tertiary/aromatic N) is 3. The molecule has 7 nitrogen and oxygen atoms in total. The lowest BCUT2D eigenvalue weighted by Crippen LogP contribution is -2.45. The number of carbonyl (C=O) groups excluding carboxylic acids is 2. The van der Waals surface area contributed by atoms with Gasteiger partial charge < -0.3 is 19.9 Å². The summed E-state index contributed by atoms with van der Waals surface area (Å²) in [6, 6.07) is 9.73. The second kappa shape index (κ2) is 10.2. The molecule has 33 heavy (non-hydrogen) atoms. The number of ether oxygens (including phenoxy) is 1. The second-order valence-electron chi connectivity index (χ2n) is 9.45. The molecule has 1 aromatic heterocycles. The highest BCUT2D eigenvalue weighted by Gasteiger charge is 2.29. The van der Waals surface area contributed by atoms with Crippen molar-refractivity contribution in [2.45, 2.75) is 51.6 Å². The molecule has 176 valence electrons. The summed E-state index contributed by atoms with van der Waals surface area (Å²) in [5, 5.41) is 3.13. The van der Waals surface area contributed by atoms with Gasteiger partial charge in [-0.2, -0.15) is 0 Å². The van der Waals surface area contributed by atoms with Gasteiger partial charge in [-0.25, -0.2) is 0 Å². The number of fused-ring (bicyclic) bond motifs is 1. The van der Waals surface area contributed by atoms with Gasteiger partial charge in [0.25, 0.3) is 5.91 Å². The first-order chi connectivity index (χ1) is 15.9. The Morgan fingerprint density at radius 2 is 1.88 bits per heavy atom. The highest BCUT2D eigenvalue weighted by molar-refractivity contribution is 5.94. The Labute approximate surface area is 196 Å². The smallest absolute Gasteiger partial charge is 0.253 e. The van der Waals surface area contributed by atoms with Crippen molar-refractivity contribution in [3.63, 3.8) is 0 Å². The van der Waals surface area contributed by atoms with E-state index >= 15 is 0 Å². The molecule has 1 aromatic carbocycles. The van der Waals surface area contributed by atoms with Crippen LogP contribution in [0, 0.1) is 5.92 Å². The number of aromatic nitrogens is 1. The van der Waals surface area contributed by atoms with Gasteiger partial charge in [-0.15, -0.1) is 0 Å². The van der Waals surface area contributed by atoms with Gasteiger partial charge in [0.15, 0.2) is 0 Å². The Kier molecular flexibility index (Phi) is 7.16. The van der Waals surface area contributed by atoms with Crippen LogP contribution < -0.4 is 15.0 Å². The minimum Gasteiger partial charge on any atom is -0.493 e. The second-order valence-corrected chi connectivity index (χ2v) is 9.45. The Morgan fingerprint density at radius 1 is 1.15 bits per heavy atom. The third-order valence-corrected chi connectivity index (χ3v) is 6.59. The lowest BCUT2D eigenvalue weighted by molar-refractivity contribution is -0.122. The van der Waals surface area contributed by atoms with E-state index in [1.54, 1.807) is 0 Å². The number of hydrogen-bond donors (Lipinski definition) is 1. The fourth-order valence-electron chi connectivity index (χ4n) is 4.74. The summed E-state index contributed by atoms with van der Waals surface area (Å²) in [5.41, 5.74) is 2.71. The molecular formula is C26H34N4O3. The van der Waals surface area contributed by atoms with Crippen LogP contribution in [0.25, 0.3) is 0 Å². The van der Waals surface area contributed by atoms with Gasteiger partial charge in [0.05, 0.1) is 12.6 Å². The molecule has 7 heteroatoms. The van der Waals surface area contributed by atoms with Crippen LogP contribution in [-0.4, -0.2) is 54.5 Å². The number of benzene rings is 1. The van der Waals surface area contributed by atoms with E-state index in [-0.39, 0.29) is 23.9 Å². The molecule has 2 aliphatic rings. The fourth-order valence-corrected chi connectivity index (χ4v) is 4.74. The van der Waals surface area contributed by atoms with Crippen LogP contribution in [0.3, 0.4) is 0 Å². The average Bonchev–Trinajstić information content (AvgIpc) is 2.83. The Bertz CT molecular complexity index is 971. The van der Waals surface area contributed by atoms with E-state index < -0.39 is 0 Å². The summed E-state index contributed by atoms with van der Waals surface area (Å²) in [6.07, 6.45) is 6.67. The Morgan fingerprint density at radius 3 is 2.58 bits per heavy atom. The molecule has 0 saturated carbocycles. The molecular weight excluding hydrogens is 416 g/mol.